The SMILES string of the molecule is Cc1cc(Nc2cc(C(=O)Nc3nc(C)c(C(C)(C)C)s3)ccc2C)n(-c2cc(NN3CCN(C)CC3)ncn2)n1. The molecule has 1 saturated heterocycles. The molecule has 0 atom stereocenters. The van der Waals surface area contributed by atoms with Gasteiger partial charge in [0.2, 0.25) is 0 Å². The molecule has 0 unspecified atom stereocenters. The molecule has 0 bridgehead atoms. The summed E-state index contributed by atoms with van der Waals surface area (Å²) < 4.78 is 1.75. The second kappa shape index (κ2) is 11.6. The molecule has 0 radical (unpaired) electrons. The standard InChI is InChI=1S/C29H38N10OS/c1-18-8-9-21(27(40)34-28-32-20(3)26(41-28)29(4,5)6)15-22(18)33-25-14-19(2)35-39(25)24-16-23(30-17-31-24)36-38-12-10-37(7)11-13-38/h8-9,14-17,33H,10-13H2,1-7H3,(H,30,31,36)(H,32,34,40). The minimum absolute atomic E-state index is 0.0299. The van der Waals surface area contributed by atoms with E-state index in [9.17, 15) is 4.79 Å². The maximum absolute atomic E-state index is 13.2. The van der Waals surface area contributed by atoms with Crippen LogP contribution >= 0.6 is 11.3 Å². The minimum Gasteiger partial charge on any atom is -0.340 e. The average Bonchev–Trinajstić information content (AvgIpc) is 3.48. The van der Waals surface area contributed by atoms with E-state index in [4.69, 9.17) is 0 Å². The summed E-state index contributed by atoms with van der Waals surface area (Å²) in [7, 11) is 2.13. The first kappa shape index (κ1) is 28.7. The Balaban J connectivity index is 1.35. The van der Waals surface area contributed by atoms with Crippen LogP contribution in [0.4, 0.5) is 22.5 Å². The first-order chi connectivity index (χ1) is 19.5. The highest BCUT2D eigenvalue weighted by Crippen LogP contribution is 2.34. The highest BCUT2D eigenvalue weighted by atomic mass is 32.1. The number of hydrogen-bond donors (Lipinski definition) is 3. The lowest BCUT2D eigenvalue weighted by Gasteiger charge is -2.32. The molecule has 11 nitrogen and oxygen atoms in total. The minimum atomic E-state index is -0.206. The lowest BCUT2D eigenvalue weighted by molar-refractivity contribution is 0.102. The molecule has 12 heteroatoms. The molecule has 4 heterocycles. The lowest BCUT2D eigenvalue weighted by atomic mass is 9.94. The van der Waals surface area contributed by atoms with Gasteiger partial charge in [-0.25, -0.2) is 20.0 Å². The molecular weight excluding hydrogens is 536 g/mol. The predicted molar refractivity (Wildman–Crippen MR) is 165 cm³/mol. The summed E-state index contributed by atoms with van der Waals surface area (Å²) in [4.78, 5) is 30.1. The molecule has 3 N–H and O–H groups in total. The fraction of sp³-hybridized carbons (Fsp3) is 0.414. The van der Waals surface area contributed by atoms with Crippen molar-refractivity contribution in [2.45, 2.75) is 47.0 Å². The Morgan fingerprint density at radius 1 is 1.00 bits per heavy atom. The Labute approximate surface area is 245 Å². The molecule has 0 aliphatic carbocycles. The third kappa shape index (κ3) is 6.72. The summed E-state index contributed by atoms with van der Waals surface area (Å²) in [5, 5.41) is 13.9. The number of rotatable bonds is 7. The number of carbonyl (C=O) groups excluding carboxylic acids is 1. The number of aromatic nitrogens is 5. The summed E-state index contributed by atoms with van der Waals surface area (Å²) in [5.74, 6) is 1.87. The Hall–Kier alpha value is -3.87. The second-order valence-electron chi connectivity index (χ2n) is 11.5. The number of benzene rings is 1. The number of likely N-dealkylation sites (N-methyl/N-ethyl adjacent to an activating group) is 1. The molecule has 1 aliphatic heterocycles. The number of aryl methyl sites for hydroxylation is 3. The second-order valence-corrected chi connectivity index (χ2v) is 12.5. The Morgan fingerprint density at radius 2 is 1.76 bits per heavy atom. The molecular formula is C29H38N10OS. The zero-order valence-corrected chi connectivity index (χ0v) is 25.6. The smallest absolute Gasteiger partial charge is 0.257 e. The van der Waals surface area contributed by atoms with Crippen LogP contribution in [0.1, 0.15) is 53.0 Å². The van der Waals surface area contributed by atoms with E-state index >= 15 is 0 Å². The average molecular weight is 575 g/mol. The zero-order chi connectivity index (χ0) is 29.3. The topological polar surface area (TPSA) is 116 Å². The maximum Gasteiger partial charge on any atom is 0.257 e. The molecule has 0 spiro atoms. The van der Waals surface area contributed by atoms with Gasteiger partial charge in [-0.3, -0.25) is 10.1 Å². The Morgan fingerprint density at radius 3 is 2.46 bits per heavy atom. The molecule has 216 valence electrons. The van der Waals surface area contributed by atoms with Gasteiger partial charge in [0, 0.05) is 54.4 Å². The number of thiazole rings is 1. The molecule has 1 aromatic carbocycles. The number of carbonyl (C=O) groups is 1. The van der Waals surface area contributed by atoms with Crippen molar-refractivity contribution in [3.63, 3.8) is 0 Å². The van der Waals surface area contributed by atoms with Crippen LogP contribution in [0.5, 0.6) is 0 Å². The fourth-order valence-corrected chi connectivity index (χ4v) is 5.74. The maximum atomic E-state index is 13.2. The van der Waals surface area contributed by atoms with Crippen LogP contribution in [0.2, 0.25) is 0 Å². The van der Waals surface area contributed by atoms with Crippen LogP contribution < -0.4 is 16.1 Å². The highest BCUT2D eigenvalue weighted by molar-refractivity contribution is 7.16. The fourth-order valence-electron chi connectivity index (χ4n) is 4.72. The molecule has 4 aromatic rings. The summed E-state index contributed by atoms with van der Waals surface area (Å²) in [6, 6.07) is 9.44. The Bertz CT molecular complexity index is 1550. The van der Waals surface area contributed by atoms with Gasteiger partial charge in [0.05, 0.1) is 11.4 Å². The number of anilines is 4. The van der Waals surface area contributed by atoms with E-state index in [-0.39, 0.29) is 11.3 Å². The van der Waals surface area contributed by atoms with Gasteiger partial charge >= 0.3 is 0 Å². The van der Waals surface area contributed by atoms with Crippen LogP contribution in [-0.4, -0.2) is 73.8 Å². The third-order valence-electron chi connectivity index (χ3n) is 6.94. The van der Waals surface area contributed by atoms with Crippen LogP contribution in [0.15, 0.2) is 36.7 Å². The van der Waals surface area contributed by atoms with Gasteiger partial charge < -0.3 is 15.6 Å². The number of hydrazine groups is 1. The summed E-state index contributed by atoms with van der Waals surface area (Å²) in [5.41, 5.74) is 7.47. The van der Waals surface area contributed by atoms with Crippen molar-refractivity contribution in [3.05, 3.63) is 64.1 Å². The van der Waals surface area contributed by atoms with Crippen molar-refractivity contribution in [1.82, 2.24) is 34.6 Å². The van der Waals surface area contributed by atoms with Gasteiger partial charge in [-0.15, -0.1) is 11.3 Å². The number of hydrogen-bond acceptors (Lipinski definition) is 10. The summed E-state index contributed by atoms with van der Waals surface area (Å²) >= 11 is 1.52. The highest BCUT2D eigenvalue weighted by Gasteiger charge is 2.22. The van der Waals surface area contributed by atoms with Crippen molar-refractivity contribution in [3.8, 4) is 5.82 Å². The van der Waals surface area contributed by atoms with Crippen molar-refractivity contribution >= 4 is 39.7 Å². The van der Waals surface area contributed by atoms with Crippen LogP contribution in [0.3, 0.4) is 0 Å². The van der Waals surface area contributed by atoms with Crippen LogP contribution in [0, 0.1) is 20.8 Å². The molecule has 5 rings (SSSR count). The van der Waals surface area contributed by atoms with Gasteiger partial charge in [-0.05, 0) is 50.9 Å². The van der Waals surface area contributed by atoms with Gasteiger partial charge in [-0.2, -0.15) is 9.78 Å². The Kier molecular flexibility index (Phi) is 8.07. The van der Waals surface area contributed by atoms with Crippen molar-refractivity contribution in [1.29, 1.82) is 0 Å². The number of nitrogens with zero attached hydrogens (tertiary/aromatic N) is 7. The first-order valence-corrected chi connectivity index (χ1v) is 14.5. The molecule has 3 aromatic heterocycles. The van der Waals surface area contributed by atoms with Crippen molar-refractivity contribution < 1.29 is 4.79 Å². The van der Waals surface area contributed by atoms with Crippen molar-refractivity contribution in [2.24, 2.45) is 0 Å². The van der Waals surface area contributed by atoms with Crippen LogP contribution in [-0.2, 0) is 5.41 Å². The molecule has 1 aliphatic rings. The molecule has 41 heavy (non-hydrogen) atoms. The van der Waals surface area contributed by atoms with Gasteiger partial charge in [0.1, 0.15) is 18.0 Å². The van der Waals surface area contributed by atoms with E-state index in [1.807, 2.05) is 51.1 Å². The zero-order valence-electron chi connectivity index (χ0n) is 24.7. The lowest BCUT2D eigenvalue weighted by Crippen LogP contribution is -2.47. The summed E-state index contributed by atoms with van der Waals surface area (Å²) in [6.45, 7) is 16.2. The van der Waals surface area contributed by atoms with E-state index < -0.39 is 0 Å². The summed E-state index contributed by atoms with van der Waals surface area (Å²) in [6.07, 6.45) is 1.54. The van der Waals surface area contributed by atoms with Crippen LogP contribution in [0.25, 0.3) is 5.82 Å². The number of nitrogens with one attached hydrogen (secondary N) is 3. The van der Waals surface area contributed by atoms with Gasteiger partial charge in [-0.1, -0.05) is 26.8 Å². The van der Waals surface area contributed by atoms with E-state index in [2.05, 4.69) is 73.8 Å². The molecule has 1 amide bonds. The van der Waals surface area contributed by atoms with Gasteiger partial charge in [0.25, 0.3) is 5.91 Å². The monoisotopic (exact) mass is 574 g/mol. The third-order valence-corrected chi connectivity index (χ3v) is 8.44. The van der Waals surface area contributed by atoms with E-state index in [1.54, 1.807) is 4.68 Å². The van der Waals surface area contributed by atoms with Gasteiger partial charge in [0.15, 0.2) is 10.9 Å². The molecule has 0 saturated carbocycles. The quantitative estimate of drug-likeness (QED) is 0.283. The van der Waals surface area contributed by atoms with E-state index in [0.29, 0.717) is 22.3 Å². The normalized spacial score (nSPS) is 14.7. The number of amides is 1. The predicted octanol–water partition coefficient (Wildman–Crippen LogP) is 4.91. The van der Waals surface area contributed by atoms with E-state index in [0.717, 1.165) is 59.5 Å². The first-order valence-electron chi connectivity index (χ1n) is 13.7. The number of piperazine rings is 1. The molecule has 1 fully saturated rings. The largest absolute Gasteiger partial charge is 0.340 e. The van der Waals surface area contributed by atoms with Crippen molar-refractivity contribution in [2.75, 3.05) is 49.3 Å². The van der Waals surface area contributed by atoms with E-state index in [1.165, 1.54) is 17.7 Å².